The van der Waals surface area contributed by atoms with Crippen molar-refractivity contribution in [3.8, 4) is 0 Å². The van der Waals surface area contributed by atoms with Gasteiger partial charge in [-0.05, 0) is 49.9 Å². The highest BCUT2D eigenvalue weighted by molar-refractivity contribution is 5.41. The zero-order chi connectivity index (χ0) is 17.2. The molecule has 1 saturated heterocycles. The summed E-state index contributed by atoms with van der Waals surface area (Å²) in [7, 11) is 0. The predicted molar refractivity (Wildman–Crippen MR) is 92.2 cm³/mol. The van der Waals surface area contributed by atoms with Gasteiger partial charge in [-0.1, -0.05) is 0 Å². The maximum absolute atomic E-state index is 13.8. The minimum Gasteiger partial charge on any atom is -0.350 e. The van der Waals surface area contributed by atoms with Crippen LogP contribution in [0.4, 0.5) is 14.6 Å². The van der Waals surface area contributed by atoms with Crippen LogP contribution in [-0.2, 0) is 6.54 Å². The molecule has 2 aliphatic rings. The van der Waals surface area contributed by atoms with Crippen LogP contribution < -0.4 is 4.90 Å². The van der Waals surface area contributed by atoms with Gasteiger partial charge in [-0.25, -0.2) is 18.7 Å². The molecule has 1 aromatic heterocycles. The SMILES string of the molecule is Fc1ccc(F)c(CN2CCC(N(c3ccncn3)C3CC3)CC2)c1. The lowest BCUT2D eigenvalue weighted by Gasteiger charge is -2.39. The lowest BCUT2D eigenvalue weighted by Crippen LogP contribution is -2.46. The molecule has 4 nitrogen and oxygen atoms in total. The highest BCUT2D eigenvalue weighted by Crippen LogP contribution is 2.35. The average Bonchev–Trinajstić information content (AvgIpc) is 3.46. The van der Waals surface area contributed by atoms with Crippen LogP contribution in [0.3, 0.4) is 0 Å². The summed E-state index contributed by atoms with van der Waals surface area (Å²) in [6.07, 6.45) is 7.86. The van der Waals surface area contributed by atoms with Gasteiger partial charge in [-0.2, -0.15) is 0 Å². The third-order valence-corrected chi connectivity index (χ3v) is 5.12. The second-order valence-corrected chi connectivity index (χ2v) is 6.95. The van der Waals surface area contributed by atoms with E-state index in [4.69, 9.17) is 0 Å². The van der Waals surface area contributed by atoms with E-state index in [2.05, 4.69) is 19.8 Å². The third kappa shape index (κ3) is 3.79. The number of likely N-dealkylation sites (tertiary alicyclic amines) is 1. The van der Waals surface area contributed by atoms with Gasteiger partial charge >= 0.3 is 0 Å². The molecule has 0 radical (unpaired) electrons. The van der Waals surface area contributed by atoms with Gasteiger partial charge in [0.15, 0.2) is 0 Å². The van der Waals surface area contributed by atoms with E-state index < -0.39 is 0 Å². The van der Waals surface area contributed by atoms with Crippen molar-refractivity contribution in [3.05, 3.63) is 54.0 Å². The van der Waals surface area contributed by atoms with Crippen LogP contribution in [0.25, 0.3) is 0 Å². The summed E-state index contributed by atoms with van der Waals surface area (Å²) in [6.45, 7) is 2.23. The van der Waals surface area contributed by atoms with Crippen molar-refractivity contribution >= 4 is 5.82 Å². The fourth-order valence-corrected chi connectivity index (χ4v) is 3.72. The molecule has 0 N–H and O–H groups in total. The first kappa shape index (κ1) is 16.4. The van der Waals surface area contributed by atoms with Crippen LogP contribution in [0.2, 0.25) is 0 Å². The molecule has 2 fully saturated rings. The zero-order valence-corrected chi connectivity index (χ0v) is 14.1. The smallest absolute Gasteiger partial charge is 0.132 e. The molecule has 1 aliphatic heterocycles. The molecule has 2 heterocycles. The second kappa shape index (κ2) is 7.04. The van der Waals surface area contributed by atoms with Crippen molar-refractivity contribution in [1.82, 2.24) is 14.9 Å². The second-order valence-electron chi connectivity index (χ2n) is 6.95. The first-order valence-electron chi connectivity index (χ1n) is 8.91. The van der Waals surface area contributed by atoms with E-state index in [1.54, 1.807) is 12.5 Å². The molecule has 0 atom stereocenters. The number of hydrogen-bond acceptors (Lipinski definition) is 4. The summed E-state index contributed by atoms with van der Waals surface area (Å²) in [5.74, 6) is 0.297. The molecule has 4 rings (SSSR count). The highest BCUT2D eigenvalue weighted by atomic mass is 19.1. The van der Waals surface area contributed by atoms with E-state index in [0.29, 0.717) is 24.2 Å². The summed E-state index contributed by atoms with van der Waals surface area (Å²) in [5, 5.41) is 0. The molecule has 0 spiro atoms. The maximum atomic E-state index is 13.8. The monoisotopic (exact) mass is 344 g/mol. The fourth-order valence-electron chi connectivity index (χ4n) is 3.72. The Balaban J connectivity index is 1.40. The number of aromatic nitrogens is 2. The topological polar surface area (TPSA) is 32.3 Å². The highest BCUT2D eigenvalue weighted by Gasteiger charge is 2.36. The lowest BCUT2D eigenvalue weighted by atomic mass is 10.0. The van der Waals surface area contributed by atoms with Crippen LogP contribution in [0.5, 0.6) is 0 Å². The van der Waals surface area contributed by atoms with Crippen LogP contribution in [0, 0.1) is 11.6 Å². The Bertz CT molecular complexity index is 713. The molecular weight excluding hydrogens is 322 g/mol. The average molecular weight is 344 g/mol. The van der Waals surface area contributed by atoms with Gasteiger partial charge < -0.3 is 4.90 Å². The maximum Gasteiger partial charge on any atom is 0.132 e. The van der Waals surface area contributed by atoms with Crippen molar-refractivity contribution in [1.29, 1.82) is 0 Å². The van der Waals surface area contributed by atoms with Gasteiger partial charge in [0.1, 0.15) is 23.8 Å². The Labute approximate surface area is 146 Å². The molecule has 0 bridgehead atoms. The van der Waals surface area contributed by atoms with Crippen molar-refractivity contribution < 1.29 is 8.78 Å². The van der Waals surface area contributed by atoms with Crippen molar-refractivity contribution in [2.75, 3.05) is 18.0 Å². The Hall–Kier alpha value is -2.08. The molecule has 132 valence electrons. The number of piperidine rings is 1. The number of halogens is 2. The zero-order valence-electron chi connectivity index (χ0n) is 14.1. The van der Waals surface area contributed by atoms with Crippen LogP contribution in [0.15, 0.2) is 36.8 Å². The summed E-state index contributed by atoms with van der Waals surface area (Å²) in [6, 6.07) is 6.70. The van der Waals surface area contributed by atoms with E-state index >= 15 is 0 Å². The van der Waals surface area contributed by atoms with Gasteiger partial charge in [0, 0.05) is 43.5 Å². The van der Waals surface area contributed by atoms with Crippen molar-refractivity contribution in [3.63, 3.8) is 0 Å². The fraction of sp³-hybridized carbons (Fsp3) is 0.474. The summed E-state index contributed by atoms with van der Waals surface area (Å²) >= 11 is 0. The van der Waals surface area contributed by atoms with Gasteiger partial charge in [0.25, 0.3) is 0 Å². The number of benzene rings is 1. The minimum absolute atomic E-state index is 0.330. The quantitative estimate of drug-likeness (QED) is 0.832. The van der Waals surface area contributed by atoms with Crippen molar-refractivity contribution in [2.24, 2.45) is 0 Å². The number of anilines is 1. The summed E-state index contributed by atoms with van der Waals surface area (Å²) in [5.41, 5.74) is 0.438. The Kier molecular flexibility index (Phi) is 4.61. The van der Waals surface area contributed by atoms with Crippen LogP contribution in [0.1, 0.15) is 31.2 Å². The minimum atomic E-state index is -0.380. The standard InChI is InChI=1S/C19H22F2N4/c20-15-1-4-18(21)14(11-15)12-24-9-6-17(7-10-24)25(16-2-3-16)19-5-8-22-13-23-19/h1,4-5,8,11,13,16-17H,2-3,6-7,9-10,12H2. The molecule has 1 saturated carbocycles. The van der Waals surface area contributed by atoms with Gasteiger partial charge in [-0.3, -0.25) is 4.90 Å². The molecule has 0 amide bonds. The molecule has 25 heavy (non-hydrogen) atoms. The molecule has 0 unspecified atom stereocenters. The first-order valence-corrected chi connectivity index (χ1v) is 8.91. The van der Waals surface area contributed by atoms with Crippen LogP contribution >= 0.6 is 0 Å². The third-order valence-electron chi connectivity index (χ3n) is 5.12. The number of rotatable bonds is 5. The van der Waals surface area contributed by atoms with Gasteiger partial charge in [0.05, 0.1) is 0 Å². The number of nitrogens with zero attached hydrogens (tertiary/aromatic N) is 4. The summed E-state index contributed by atoms with van der Waals surface area (Å²) < 4.78 is 27.2. The summed E-state index contributed by atoms with van der Waals surface area (Å²) in [4.78, 5) is 13.1. The first-order chi connectivity index (χ1) is 12.2. The van der Waals surface area contributed by atoms with Gasteiger partial charge in [-0.15, -0.1) is 0 Å². The van der Waals surface area contributed by atoms with Crippen LogP contribution in [-0.4, -0.2) is 40.0 Å². The predicted octanol–water partition coefficient (Wildman–Crippen LogP) is 3.39. The number of hydrogen-bond donors (Lipinski definition) is 0. The van der Waals surface area contributed by atoms with E-state index in [0.717, 1.165) is 31.7 Å². The van der Waals surface area contributed by atoms with Crippen molar-refractivity contribution in [2.45, 2.75) is 44.3 Å². The van der Waals surface area contributed by atoms with Gasteiger partial charge in [0.2, 0.25) is 0 Å². The van der Waals surface area contributed by atoms with E-state index in [-0.39, 0.29) is 11.6 Å². The van der Waals surface area contributed by atoms with E-state index in [9.17, 15) is 8.78 Å². The Morgan fingerprint density at radius 2 is 1.80 bits per heavy atom. The molecule has 1 aromatic carbocycles. The molecule has 2 aromatic rings. The lowest BCUT2D eigenvalue weighted by molar-refractivity contribution is 0.198. The molecule has 1 aliphatic carbocycles. The molecular formula is C19H22F2N4. The van der Waals surface area contributed by atoms with E-state index in [1.807, 2.05) is 6.07 Å². The Morgan fingerprint density at radius 3 is 2.48 bits per heavy atom. The molecule has 6 heteroatoms. The Morgan fingerprint density at radius 1 is 1.04 bits per heavy atom. The van der Waals surface area contributed by atoms with E-state index in [1.165, 1.54) is 31.0 Å². The largest absolute Gasteiger partial charge is 0.350 e. The normalized spacial score (nSPS) is 19.1.